The van der Waals surface area contributed by atoms with Crippen LogP contribution in [0.3, 0.4) is 0 Å². The van der Waals surface area contributed by atoms with Crippen molar-refractivity contribution in [3.05, 3.63) is 41.0 Å². The van der Waals surface area contributed by atoms with Crippen LogP contribution < -0.4 is 5.73 Å². The third-order valence-electron chi connectivity index (χ3n) is 4.05. The van der Waals surface area contributed by atoms with Crippen molar-refractivity contribution in [1.82, 2.24) is 10.1 Å². The lowest BCUT2D eigenvalue weighted by molar-refractivity contribution is -0.123. The summed E-state index contributed by atoms with van der Waals surface area (Å²) in [5.41, 5.74) is 6.22. The summed E-state index contributed by atoms with van der Waals surface area (Å²) >= 11 is 6.12. The van der Waals surface area contributed by atoms with Crippen molar-refractivity contribution >= 4 is 23.4 Å². The Morgan fingerprint density at radius 1 is 1.26 bits per heavy atom. The van der Waals surface area contributed by atoms with Gasteiger partial charge in [-0.2, -0.15) is 0 Å². The minimum absolute atomic E-state index is 0.157. The molecule has 1 fully saturated rings. The van der Waals surface area contributed by atoms with Crippen LogP contribution in [0.15, 0.2) is 34.9 Å². The van der Waals surface area contributed by atoms with Gasteiger partial charge in [-0.05, 0) is 25.0 Å². The number of hydrogen-bond donors (Lipinski definition) is 1. The van der Waals surface area contributed by atoms with Gasteiger partial charge in [-0.1, -0.05) is 28.9 Å². The molecule has 0 aliphatic carbocycles. The smallest absolute Gasteiger partial charge is 0.276 e. The zero-order valence-corrected chi connectivity index (χ0v) is 13.1. The molecular weight excluding hydrogens is 318 g/mol. The van der Waals surface area contributed by atoms with Gasteiger partial charge < -0.3 is 15.2 Å². The molecule has 2 heterocycles. The van der Waals surface area contributed by atoms with E-state index in [0.29, 0.717) is 42.3 Å². The van der Waals surface area contributed by atoms with Crippen molar-refractivity contribution in [3.8, 4) is 11.3 Å². The van der Waals surface area contributed by atoms with Gasteiger partial charge in [-0.25, -0.2) is 0 Å². The quantitative estimate of drug-likeness (QED) is 0.933. The number of carbonyl (C=O) groups excluding carboxylic acids is 2. The van der Waals surface area contributed by atoms with E-state index in [1.807, 2.05) is 12.1 Å². The molecule has 0 atom stereocenters. The second-order valence-corrected chi connectivity index (χ2v) is 5.93. The molecule has 0 bridgehead atoms. The number of amides is 2. The fourth-order valence-electron chi connectivity index (χ4n) is 2.69. The molecule has 1 aromatic carbocycles. The van der Waals surface area contributed by atoms with Crippen LogP contribution >= 0.6 is 11.6 Å². The Morgan fingerprint density at radius 2 is 1.96 bits per heavy atom. The maximum absolute atomic E-state index is 12.5. The van der Waals surface area contributed by atoms with E-state index in [1.165, 1.54) is 0 Å². The standard InChI is InChI=1S/C16H16ClN3O3/c17-12-4-2-1-3-11(12)14-9-13(19-23-14)16(22)20-7-5-10(6-8-20)15(18)21/h1-4,9-10H,5-8H2,(H2,18,21). The van der Waals surface area contributed by atoms with Gasteiger partial charge in [0.25, 0.3) is 5.91 Å². The molecule has 1 saturated heterocycles. The Kier molecular flexibility index (Phi) is 4.34. The summed E-state index contributed by atoms with van der Waals surface area (Å²) in [7, 11) is 0. The van der Waals surface area contributed by atoms with E-state index in [-0.39, 0.29) is 23.4 Å². The number of hydrogen-bond acceptors (Lipinski definition) is 4. The summed E-state index contributed by atoms with van der Waals surface area (Å²) < 4.78 is 5.25. The molecule has 2 amide bonds. The number of rotatable bonds is 3. The zero-order chi connectivity index (χ0) is 16.4. The molecule has 1 aromatic heterocycles. The van der Waals surface area contributed by atoms with E-state index >= 15 is 0 Å². The van der Waals surface area contributed by atoms with Crippen molar-refractivity contribution in [2.45, 2.75) is 12.8 Å². The molecule has 7 heteroatoms. The molecule has 2 aromatic rings. The summed E-state index contributed by atoms with van der Waals surface area (Å²) in [6.07, 6.45) is 1.16. The van der Waals surface area contributed by atoms with Crippen molar-refractivity contribution in [1.29, 1.82) is 0 Å². The highest BCUT2D eigenvalue weighted by atomic mass is 35.5. The largest absolute Gasteiger partial charge is 0.369 e. The second kappa shape index (κ2) is 6.42. The molecule has 3 rings (SSSR count). The Balaban J connectivity index is 1.72. The fraction of sp³-hybridized carbons (Fsp3) is 0.312. The van der Waals surface area contributed by atoms with Gasteiger partial charge in [0.1, 0.15) is 0 Å². The van der Waals surface area contributed by atoms with Crippen molar-refractivity contribution in [3.63, 3.8) is 0 Å². The topological polar surface area (TPSA) is 89.4 Å². The third kappa shape index (κ3) is 3.22. The minimum Gasteiger partial charge on any atom is -0.369 e. The van der Waals surface area contributed by atoms with Crippen molar-refractivity contribution in [2.75, 3.05) is 13.1 Å². The highest BCUT2D eigenvalue weighted by Gasteiger charge is 2.28. The molecule has 1 aliphatic rings. The number of halogens is 1. The van der Waals surface area contributed by atoms with E-state index in [4.69, 9.17) is 21.9 Å². The average Bonchev–Trinajstić information content (AvgIpc) is 3.04. The second-order valence-electron chi connectivity index (χ2n) is 5.53. The van der Waals surface area contributed by atoms with Crippen LogP contribution in [0.4, 0.5) is 0 Å². The molecule has 6 nitrogen and oxygen atoms in total. The average molecular weight is 334 g/mol. The van der Waals surface area contributed by atoms with E-state index in [0.717, 1.165) is 0 Å². The molecule has 0 saturated carbocycles. The van der Waals surface area contributed by atoms with Gasteiger partial charge in [-0.15, -0.1) is 0 Å². The molecule has 23 heavy (non-hydrogen) atoms. The predicted molar refractivity (Wildman–Crippen MR) is 84.8 cm³/mol. The van der Waals surface area contributed by atoms with E-state index < -0.39 is 0 Å². The lowest BCUT2D eigenvalue weighted by Crippen LogP contribution is -2.41. The van der Waals surface area contributed by atoms with Gasteiger partial charge in [0.05, 0.1) is 5.02 Å². The van der Waals surface area contributed by atoms with E-state index in [9.17, 15) is 9.59 Å². The number of piperidine rings is 1. The number of likely N-dealkylation sites (tertiary alicyclic amines) is 1. The number of benzene rings is 1. The van der Waals surface area contributed by atoms with Crippen LogP contribution in [0.2, 0.25) is 5.02 Å². The molecule has 0 unspecified atom stereocenters. The zero-order valence-electron chi connectivity index (χ0n) is 12.4. The summed E-state index contributed by atoms with van der Waals surface area (Å²) in [5, 5.41) is 4.38. The highest BCUT2D eigenvalue weighted by molar-refractivity contribution is 6.33. The van der Waals surface area contributed by atoms with Crippen LogP contribution in [-0.2, 0) is 4.79 Å². The third-order valence-corrected chi connectivity index (χ3v) is 4.38. The summed E-state index contributed by atoms with van der Waals surface area (Å²) in [5.74, 6) is -0.226. The summed E-state index contributed by atoms with van der Waals surface area (Å²) in [4.78, 5) is 25.3. The van der Waals surface area contributed by atoms with E-state index in [2.05, 4.69) is 5.16 Å². The fourth-order valence-corrected chi connectivity index (χ4v) is 2.92. The number of nitrogens with two attached hydrogens (primary N) is 1. The molecule has 0 spiro atoms. The lowest BCUT2D eigenvalue weighted by atomic mass is 9.96. The van der Waals surface area contributed by atoms with Crippen molar-refractivity contribution < 1.29 is 14.1 Å². The number of primary amides is 1. The van der Waals surface area contributed by atoms with Crippen LogP contribution in [0.5, 0.6) is 0 Å². The first-order valence-corrected chi connectivity index (χ1v) is 7.74. The highest BCUT2D eigenvalue weighted by Crippen LogP contribution is 2.28. The molecular formula is C16H16ClN3O3. The first-order chi connectivity index (χ1) is 11.1. The van der Waals surface area contributed by atoms with Gasteiger partial charge in [0.15, 0.2) is 11.5 Å². The number of nitrogens with zero attached hydrogens (tertiary/aromatic N) is 2. The molecule has 120 valence electrons. The maximum atomic E-state index is 12.5. The first-order valence-electron chi connectivity index (χ1n) is 7.36. The van der Waals surface area contributed by atoms with Crippen LogP contribution in [0.25, 0.3) is 11.3 Å². The summed E-state index contributed by atoms with van der Waals surface area (Å²) in [6.45, 7) is 0.974. The van der Waals surface area contributed by atoms with Gasteiger partial charge >= 0.3 is 0 Å². The predicted octanol–water partition coefficient (Wildman–Crippen LogP) is 2.33. The maximum Gasteiger partial charge on any atom is 0.276 e. The SMILES string of the molecule is NC(=O)C1CCN(C(=O)c2cc(-c3ccccc3Cl)on2)CC1. The van der Waals surface area contributed by atoms with Crippen LogP contribution in [0.1, 0.15) is 23.3 Å². The Morgan fingerprint density at radius 3 is 2.61 bits per heavy atom. The molecule has 2 N–H and O–H groups in total. The minimum atomic E-state index is -0.306. The first kappa shape index (κ1) is 15.6. The Labute approximate surface area is 138 Å². The van der Waals surface area contributed by atoms with Crippen LogP contribution in [-0.4, -0.2) is 35.0 Å². The van der Waals surface area contributed by atoms with Gasteiger partial charge in [0, 0.05) is 30.6 Å². The molecule has 0 radical (unpaired) electrons. The Hall–Kier alpha value is -2.34. The summed E-state index contributed by atoms with van der Waals surface area (Å²) in [6, 6.07) is 8.78. The number of carbonyl (C=O) groups is 2. The Bertz CT molecular complexity index is 736. The van der Waals surface area contributed by atoms with Gasteiger partial charge in [0.2, 0.25) is 5.91 Å². The molecule has 1 aliphatic heterocycles. The lowest BCUT2D eigenvalue weighted by Gasteiger charge is -2.29. The van der Waals surface area contributed by atoms with E-state index in [1.54, 1.807) is 23.1 Å². The number of aromatic nitrogens is 1. The monoisotopic (exact) mass is 333 g/mol. The van der Waals surface area contributed by atoms with Crippen molar-refractivity contribution in [2.24, 2.45) is 11.7 Å². The van der Waals surface area contributed by atoms with Gasteiger partial charge in [-0.3, -0.25) is 9.59 Å². The normalized spacial score (nSPS) is 15.6. The van der Waals surface area contributed by atoms with Crippen LogP contribution in [0, 0.1) is 5.92 Å².